The molecule has 1 fully saturated rings. The number of aromatic nitrogens is 1. The first-order valence-electron chi connectivity index (χ1n) is 8.44. The molecular weight excluding hydrogens is 272 g/mol. The van der Waals surface area contributed by atoms with E-state index in [0.717, 1.165) is 24.8 Å². The number of nitrogens with zero attached hydrogens (tertiary/aromatic N) is 3. The normalized spacial score (nSPS) is 25.5. The van der Waals surface area contributed by atoms with Crippen LogP contribution in [-0.4, -0.2) is 50.2 Å². The molecule has 2 rings (SSSR count). The van der Waals surface area contributed by atoms with E-state index < -0.39 is 0 Å². The van der Waals surface area contributed by atoms with E-state index in [1.54, 1.807) is 0 Å². The highest BCUT2D eigenvalue weighted by Gasteiger charge is 2.35. The highest BCUT2D eigenvalue weighted by atomic mass is 15.2. The highest BCUT2D eigenvalue weighted by molar-refractivity contribution is 5.45. The number of hydrogen-bond donors (Lipinski definition) is 1. The summed E-state index contributed by atoms with van der Waals surface area (Å²) < 4.78 is 0. The van der Waals surface area contributed by atoms with Gasteiger partial charge in [0.25, 0.3) is 0 Å². The minimum absolute atomic E-state index is 0.312. The van der Waals surface area contributed by atoms with Gasteiger partial charge >= 0.3 is 0 Å². The van der Waals surface area contributed by atoms with Crippen LogP contribution in [0.3, 0.4) is 0 Å². The van der Waals surface area contributed by atoms with Gasteiger partial charge in [-0.3, -0.25) is 0 Å². The third-order valence-corrected chi connectivity index (χ3v) is 5.21. The van der Waals surface area contributed by atoms with Crippen molar-refractivity contribution in [2.75, 3.05) is 39.6 Å². The number of anilines is 1. The van der Waals surface area contributed by atoms with Gasteiger partial charge in [0.15, 0.2) is 0 Å². The van der Waals surface area contributed by atoms with Gasteiger partial charge < -0.3 is 15.1 Å². The van der Waals surface area contributed by atoms with Crippen molar-refractivity contribution in [1.82, 2.24) is 15.2 Å². The molecule has 1 aliphatic rings. The van der Waals surface area contributed by atoms with Crippen LogP contribution in [0.2, 0.25) is 0 Å². The van der Waals surface area contributed by atoms with Crippen molar-refractivity contribution >= 4 is 5.82 Å². The maximum absolute atomic E-state index is 4.48. The molecule has 0 radical (unpaired) electrons. The lowest BCUT2D eigenvalue weighted by atomic mass is 9.76. The molecule has 1 aromatic rings. The summed E-state index contributed by atoms with van der Waals surface area (Å²) in [5.74, 6) is 1.94. The zero-order chi connectivity index (χ0) is 16.2. The average Bonchev–Trinajstić information content (AvgIpc) is 2.49. The van der Waals surface area contributed by atoms with Gasteiger partial charge in [0.05, 0.1) is 0 Å². The fourth-order valence-corrected chi connectivity index (χ4v) is 3.48. The predicted octanol–water partition coefficient (Wildman–Crippen LogP) is 2.75. The van der Waals surface area contributed by atoms with Crippen molar-refractivity contribution in [3.8, 4) is 0 Å². The smallest absolute Gasteiger partial charge is 0.132 e. The summed E-state index contributed by atoms with van der Waals surface area (Å²) in [7, 11) is 8.56. The largest absolute Gasteiger partial charge is 0.362 e. The quantitative estimate of drug-likeness (QED) is 0.875. The first-order chi connectivity index (χ1) is 10.4. The lowest BCUT2D eigenvalue weighted by Crippen LogP contribution is -2.53. The van der Waals surface area contributed by atoms with E-state index in [1.807, 2.05) is 12.3 Å². The van der Waals surface area contributed by atoms with E-state index in [-0.39, 0.29) is 0 Å². The van der Waals surface area contributed by atoms with Crippen LogP contribution in [0.5, 0.6) is 0 Å². The van der Waals surface area contributed by atoms with Crippen LogP contribution >= 0.6 is 0 Å². The molecule has 1 aromatic heterocycles. The molecule has 0 saturated heterocycles. The molecule has 1 N–H and O–H groups in total. The second-order valence-electron chi connectivity index (χ2n) is 7.29. The van der Waals surface area contributed by atoms with Crippen molar-refractivity contribution < 1.29 is 0 Å². The van der Waals surface area contributed by atoms with Crippen molar-refractivity contribution in [3.05, 3.63) is 23.9 Å². The maximum Gasteiger partial charge on any atom is 0.132 e. The molecule has 0 amide bonds. The predicted molar refractivity (Wildman–Crippen MR) is 94.3 cm³/mol. The minimum atomic E-state index is 0.312. The molecule has 1 aliphatic carbocycles. The second-order valence-corrected chi connectivity index (χ2v) is 7.29. The Labute approximate surface area is 135 Å². The molecule has 0 unspecified atom stereocenters. The minimum Gasteiger partial charge on any atom is -0.362 e. The maximum atomic E-state index is 4.48. The summed E-state index contributed by atoms with van der Waals surface area (Å²) in [6, 6.07) is 4.19. The molecule has 124 valence electrons. The van der Waals surface area contributed by atoms with Crippen LogP contribution in [0, 0.1) is 5.92 Å². The fraction of sp³-hybridized carbons (Fsp3) is 0.722. The highest BCUT2D eigenvalue weighted by Crippen LogP contribution is 2.34. The summed E-state index contributed by atoms with van der Waals surface area (Å²) in [4.78, 5) is 9.00. The monoisotopic (exact) mass is 304 g/mol. The Hall–Kier alpha value is -1.13. The molecule has 1 heterocycles. The molecule has 0 aromatic carbocycles. The Balaban J connectivity index is 1.97. The topological polar surface area (TPSA) is 31.4 Å². The van der Waals surface area contributed by atoms with Crippen LogP contribution in [0.4, 0.5) is 5.82 Å². The van der Waals surface area contributed by atoms with Crippen molar-refractivity contribution in [3.63, 3.8) is 0 Å². The van der Waals surface area contributed by atoms with Gasteiger partial charge in [-0.25, -0.2) is 4.98 Å². The number of hydrogen-bond acceptors (Lipinski definition) is 4. The van der Waals surface area contributed by atoms with Gasteiger partial charge in [-0.05, 0) is 51.8 Å². The molecule has 1 saturated carbocycles. The Morgan fingerprint density at radius 3 is 2.50 bits per heavy atom. The van der Waals surface area contributed by atoms with E-state index in [0.29, 0.717) is 5.54 Å². The summed E-state index contributed by atoms with van der Waals surface area (Å²) >= 11 is 0. The van der Waals surface area contributed by atoms with Gasteiger partial charge in [-0.1, -0.05) is 13.0 Å². The van der Waals surface area contributed by atoms with Gasteiger partial charge in [-0.2, -0.15) is 0 Å². The first kappa shape index (κ1) is 17.2. The lowest BCUT2D eigenvalue weighted by Gasteiger charge is -2.45. The van der Waals surface area contributed by atoms with Crippen LogP contribution < -0.4 is 10.2 Å². The van der Waals surface area contributed by atoms with Crippen molar-refractivity contribution in [2.24, 2.45) is 5.92 Å². The summed E-state index contributed by atoms with van der Waals surface area (Å²) in [6.07, 6.45) is 7.14. The SMILES string of the molecule is CC1CCC(CNCc2cccnc2N(C)C)(N(C)C)CC1. The van der Waals surface area contributed by atoms with Crippen LogP contribution in [0.15, 0.2) is 18.3 Å². The Morgan fingerprint density at radius 1 is 1.23 bits per heavy atom. The Kier molecular flexibility index (Phi) is 5.81. The summed E-state index contributed by atoms with van der Waals surface area (Å²) in [6.45, 7) is 4.31. The molecule has 22 heavy (non-hydrogen) atoms. The fourth-order valence-electron chi connectivity index (χ4n) is 3.48. The van der Waals surface area contributed by atoms with E-state index in [2.05, 4.69) is 61.3 Å². The van der Waals surface area contributed by atoms with Gasteiger partial charge in [0.2, 0.25) is 0 Å². The standard InChI is InChI=1S/C18H32N4/c1-15-8-10-18(11-9-15,22(4)5)14-19-13-16-7-6-12-20-17(16)21(2)3/h6-7,12,15,19H,8-11,13-14H2,1-5H3. The molecule has 4 heteroatoms. The molecule has 0 aliphatic heterocycles. The Bertz CT molecular complexity index is 462. The summed E-state index contributed by atoms with van der Waals surface area (Å²) in [5.41, 5.74) is 1.58. The average molecular weight is 304 g/mol. The van der Waals surface area contributed by atoms with Crippen LogP contribution in [0.25, 0.3) is 0 Å². The second kappa shape index (κ2) is 7.42. The Morgan fingerprint density at radius 2 is 1.91 bits per heavy atom. The zero-order valence-corrected chi connectivity index (χ0v) is 14.9. The van der Waals surface area contributed by atoms with Gasteiger partial charge in [-0.15, -0.1) is 0 Å². The summed E-state index contributed by atoms with van der Waals surface area (Å²) in [5, 5.41) is 3.70. The molecule has 0 bridgehead atoms. The van der Waals surface area contributed by atoms with Crippen molar-refractivity contribution in [2.45, 2.75) is 44.7 Å². The molecule has 0 spiro atoms. The van der Waals surface area contributed by atoms with E-state index in [1.165, 1.54) is 31.2 Å². The first-order valence-corrected chi connectivity index (χ1v) is 8.44. The van der Waals surface area contributed by atoms with Gasteiger partial charge in [0, 0.05) is 44.5 Å². The number of nitrogens with one attached hydrogen (secondary N) is 1. The van der Waals surface area contributed by atoms with E-state index in [9.17, 15) is 0 Å². The zero-order valence-electron chi connectivity index (χ0n) is 14.9. The van der Waals surface area contributed by atoms with Gasteiger partial charge in [0.1, 0.15) is 5.82 Å². The van der Waals surface area contributed by atoms with E-state index >= 15 is 0 Å². The molecular formula is C18H32N4. The number of rotatable bonds is 6. The lowest BCUT2D eigenvalue weighted by molar-refractivity contribution is 0.0816. The molecule has 4 nitrogen and oxygen atoms in total. The van der Waals surface area contributed by atoms with E-state index in [4.69, 9.17) is 0 Å². The van der Waals surface area contributed by atoms with Crippen LogP contribution in [0.1, 0.15) is 38.2 Å². The van der Waals surface area contributed by atoms with Crippen molar-refractivity contribution in [1.29, 1.82) is 0 Å². The third kappa shape index (κ3) is 3.99. The number of pyridine rings is 1. The molecule has 0 atom stereocenters. The third-order valence-electron chi connectivity index (χ3n) is 5.21. The van der Waals surface area contributed by atoms with Crippen LogP contribution in [-0.2, 0) is 6.54 Å². The number of likely N-dealkylation sites (N-methyl/N-ethyl adjacent to an activating group) is 1.